The third-order valence-corrected chi connectivity index (χ3v) is 2.46. The summed E-state index contributed by atoms with van der Waals surface area (Å²) in [4.78, 5) is 17.7. The van der Waals surface area contributed by atoms with Gasteiger partial charge in [-0.1, -0.05) is 6.07 Å². The van der Waals surface area contributed by atoms with Crippen LogP contribution in [0, 0.1) is 0 Å². The maximum Gasteiger partial charge on any atom is 0.234 e. The fourth-order valence-electron chi connectivity index (χ4n) is 1.74. The lowest BCUT2D eigenvalue weighted by atomic mass is 10.2. The monoisotopic (exact) mass is 250 g/mol. The van der Waals surface area contributed by atoms with E-state index in [4.69, 9.17) is 0 Å². The van der Waals surface area contributed by atoms with E-state index in [9.17, 15) is 4.79 Å². The Morgan fingerprint density at radius 1 is 1.39 bits per heavy atom. The number of aromatic nitrogens is 1. The van der Waals surface area contributed by atoms with Gasteiger partial charge in [-0.15, -0.1) is 0 Å². The zero-order valence-corrected chi connectivity index (χ0v) is 11.4. The van der Waals surface area contributed by atoms with E-state index in [1.165, 1.54) is 0 Å². The van der Waals surface area contributed by atoms with E-state index in [0.29, 0.717) is 19.6 Å². The summed E-state index contributed by atoms with van der Waals surface area (Å²) in [5.74, 6) is 0.941. The summed E-state index contributed by atoms with van der Waals surface area (Å²) in [6, 6.07) is 3.94. The molecule has 0 saturated heterocycles. The van der Waals surface area contributed by atoms with Crippen LogP contribution >= 0.6 is 0 Å². The van der Waals surface area contributed by atoms with Crippen molar-refractivity contribution in [3.05, 3.63) is 23.9 Å². The summed E-state index contributed by atoms with van der Waals surface area (Å²) >= 11 is 0. The number of hydrogen-bond donors (Lipinski definition) is 2. The first-order valence-corrected chi connectivity index (χ1v) is 6.30. The molecule has 1 aromatic rings. The summed E-state index contributed by atoms with van der Waals surface area (Å²) in [5.41, 5.74) is 1.10. The quantitative estimate of drug-likeness (QED) is 0.760. The van der Waals surface area contributed by atoms with E-state index in [1.54, 1.807) is 6.20 Å². The highest BCUT2D eigenvalue weighted by atomic mass is 16.1. The molecular formula is C13H22N4O. The van der Waals surface area contributed by atoms with Crippen molar-refractivity contribution in [2.75, 3.05) is 32.0 Å². The van der Waals surface area contributed by atoms with Gasteiger partial charge in [-0.2, -0.15) is 0 Å². The molecule has 1 amide bonds. The summed E-state index contributed by atoms with van der Waals surface area (Å²) in [6.07, 6.45) is 1.77. The van der Waals surface area contributed by atoms with Gasteiger partial charge in [0.2, 0.25) is 5.91 Å². The van der Waals surface area contributed by atoms with Gasteiger partial charge in [0, 0.05) is 31.4 Å². The van der Waals surface area contributed by atoms with Crippen molar-refractivity contribution in [2.45, 2.75) is 20.4 Å². The molecule has 0 aliphatic carbocycles. The number of anilines is 1. The highest BCUT2D eigenvalue weighted by Crippen LogP contribution is 2.12. The van der Waals surface area contributed by atoms with Gasteiger partial charge >= 0.3 is 0 Å². The number of pyridine rings is 1. The molecular weight excluding hydrogens is 228 g/mol. The average Bonchev–Trinajstić information content (AvgIpc) is 2.32. The van der Waals surface area contributed by atoms with Crippen LogP contribution in [0.2, 0.25) is 0 Å². The van der Waals surface area contributed by atoms with Crippen molar-refractivity contribution in [3.8, 4) is 0 Å². The number of nitrogens with one attached hydrogen (secondary N) is 2. The van der Waals surface area contributed by atoms with E-state index in [1.807, 2.05) is 37.9 Å². The lowest BCUT2D eigenvalue weighted by Crippen LogP contribution is -2.34. The molecule has 0 bridgehead atoms. The third kappa shape index (κ3) is 4.71. The molecule has 0 spiro atoms. The van der Waals surface area contributed by atoms with Crippen LogP contribution in [-0.4, -0.2) is 42.5 Å². The molecule has 0 unspecified atom stereocenters. The van der Waals surface area contributed by atoms with E-state index in [-0.39, 0.29) is 5.91 Å². The lowest BCUT2D eigenvalue weighted by molar-refractivity contribution is -0.121. The highest BCUT2D eigenvalue weighted by molar-refractivity contribution is 5.77. The van der Waals surface area contributed by atoms with Crippen LogP contribution in [0.15, 0.2) is 18.3 Å². The zero-order chi connectivity index (χ0) is 13.4. The Balaban J connectivity index is 2.58. The summed E-state index contributed by atoms with van der Waals surface area (Å²) in [5, 5.41) is 6.01. The minimum Gasteiger partial charge on any atom is -0.370 e. The zero-order valence-electron chi connectivity index (χ0n) is 11.4. The molecule has 1 heterocycles. The minimum absolute atomic E-state index is 0.0499. The van der Waals surface area contributed by atoms with Crippen molar-refractivity contribution < 1.29 is 4.79 Å². The molecule has 0 fully saturated rings. The minimum atomic E-state index is 0.0499. The molecule has 5 nitrogen and oxygen atoms in total. The van der Waals surface area contributed by atoms with Gasteiger partial charge in [-0.3, -0.25) is 9.69 Å². The number of amides is 1. The maximum absolute atomic E-state index is 11.5. The molecule has 100 valence electrons. The van der Waals surface area contributed by atoms with E-state index < -0.39 is 0 Å². The van der Waals surface area contributed by atoms with Crippen LogP contribution in [-0.2, 0) is 11.3 Å². The van der Waals surface area contributed by atoms with Gasteiger partial charge in [0.15, 0.2) is 0 Å². The predicted molar refractivity (Wildman–Crippen MR) is 73.4 cm³/mol. The number of hydrogen-bond acceptors (Lipinski definition) is 4. The van der Waals surface area contributed by atoms with Crippen molar-refractivity contribution in [1.29, 1.82) is 0 Å². The standard InChI is InChI=1S/C13H22N4O/c1-4-14-12(18)10-17(3)9-11-7-6-8-16-13(11)15-5-2/h6-8H,4-5,9-10H2,1-3H3,(H,14,18)(H,15,16). The van der Waals surface area contributed by atoms with Crippen LogP contribution in [0.5, 0.6) is 0 Å². The van der Waals surface area contributed by atoms with Gasteiger partial charge < -0.3 is 10.6 Å². The van der Waals surface area contributed by atoms with E-state index >= 15 is 0 Å². The number of carbonyl (C=O) groups excluding carboxylic acids is 1. The fourth-order valence-corrected chi connectivity index (χ4v) is 1.74. The third-order valence-electron chi connectivity index (χ3n) is 2.46. The van der Waals surface area contributed by atoms with Gasteiger partial charge in [0.1, 0.15) is 5.82 Å². The fraction of sp³-hybridized carbons (Fsp3) is 0.538. The van der Waals surface area contributed by atoms with E-state index in [2.05, 4.69) is 15.6 Å². The highest BCUT2D eigenvalue weighted by Gasteiger charge is 2.09. The Morgan fingerprint density at radius 3 is 2.83 bits per heavy atom. The molecule has 2 N–H and O–H groups in total. The summed E-state index contributed by atoms with van der Waals surface area (Å²) in [7, 11) is 1.93. The summed E-state index contributed by atoms with van der Waals surface area (Å²) < 4.78 is 0. The van der Waals surface area contributed by atoms with Crippen molar-refractivity contribution >= 4 is 11.7 Å². The molecule has 0 aromatic carbocycles. The molecule has 0 radical (unpaired) electrons. The first-order valence-electron chi connectivity index (χ1n) is 6.30. The van der Waals surface area contributed by atoms with Crippen LogP contribution in [0.4, 0.5) is 5.82 Å². The number of rotatable bonds is 7. The molecule has 1 rings (SSSR count). The van der Waals surface area contributed by atoms with Crippen LogP contribution in [0.25, 0.3) is 0 Å². The number of nitrogens with zero attached hydrogens (tertiary/aromatic N) is 2. The maximum atomic E-state index is 11.5. The van der Waals surface area contributed by atoms with Gasteiger partial charge in [-0.05, 0) is 27.0 Å². The second-order valence-electron chi connectivity index (χ2n) is 4.17. The second-order valence-corrected chi connectivity index (χ2v) is 4.17. The SMILES string of the molecule is CCNC(=O)CN(C)Cc1cccnc1NCC. The van der Waals surface area contributed by atoms with Gasteiger partial charge in [0.25, 0.3) is 0 Å². The van der Waals surface area contributed by atoms with Crippen molar-refractivity contribution in [1.82, 2.24) is 15.2 Å². The average molecular weight is 250 g/mol. The van der Waals surface area contributed by atoms with Crippen LogP contribution < -0.4 is 10.6 Å². The molecule has 0 aliphatic heterocycles. The Bertz CT molecular complexity index is 381. The Labute approximate surface area is 109 Å². The lowest BCUT2D eigenvalue weighted by Gasteiger charge is -2.18. The van der Waals surface area contributed by atoms with E-state index in [0.717, 1.165) is 17.9 Å². The van der Waals surface area contributed by atoms with Crippen molar-refractivity contribution in [3.63, 3.8) is 0 Å². The topological polar surface area (TPSA) is 57.3 Å². The molecule has 1 aromatic heterocycles. The Hall–Kier alpha value is -1.62. The molecule has 0 aliphatic rings. The molecule has 5 heteroatoms. The summed E-state index contributed by atoms with van der Waals surface area (Å²) in [6.45, 7) is 6.56. The molecule has 0 saturated carbocycles. The first kappa shape index (κ1) is 14.4. The number of likely N-dealkylation sites (N-methyl/N-ethyl adjacent to an activating group) is 2. The van der Waals surface area contributed by atoms with Crippen LogP contribution in [0.1, 0.15) is 19.4 Å². The van der Waals surface area contributed by atoms with Gasteiger partial charge in [-0.25, -0.2) is 4.98 Å². The largest absolute Gasteiger partial charge is 0.370 e. The second kappa shape index (κ2) is 7.66. The molecule has 0 atom stereocenters. The number of carbonyl (C=O) groups is 1. The Kier molecular flexibility index (Phi) is 6.14. The predicted octanol–water partition coefficient (Wildman–Crippen LogP) is 1.08. The first-order chi connectivity index (χ1) is 8.67. The van der Waals surface area contributed by atoms with Gasteiger partial charge in [0.05, 0.1) is 6.54 Å². The smallest absolute Gasteiger partial charge is 0.234 e. The molecule has 18 heavy (non-hydrogen) atoms. The van der Waals surface area contributed by atoms with Crippen molar-refractivity contribution in [2.24, 2.45) is 0 Å². The Morgan fingerprint density at radius 2 is 2.17 bits per heavy atom. The normalized spacial score (nSPS) is 10.4. The van der Waals surface area contributed by atoms with Crippen LogP contribution in [0.3, 0.4) is 0 Å².